The standard InChI is InChI=1S/C11H23N3/c1-4-14(5-2)8-9(3)13-11(12)10-6-7-10/h9-10H,4-8H2,1-3H3,(H2,12,13). The summed E-state index contributed by atoms with van der Waals surface area (Å²) >= 11 is 0. The van der Waals surface area contributed by atoms with E-state index in [-0.39, 0.29) is 0 Å². The number of amidine groups is 1. The first kappa shape index (κ1) is 11.5. The van der Waals surface area contributed by atoms with E-state index >= 15 is 0 Å². The monoisotopic (exact) mass is 197 g/mol. The zero-order valence-corrected chi connectivity index (χ0v) is 9.66. The second-order valence-corrected chi connectivity index (χ2v) is 4.16. The predicted molar refractivity (Wildman–Crippen MR) is 61.6 cm³/mol. The van der Waals surface area contributed by atoms with Crippen molar-refractivity contribution in [1.82, 2.24) is 4.90 Å². The van der Waals surface area contributed by atoms with E-state index in [0.29, 0.717) is 12.0 Å². The molecule has 0 radical (unpaired) electrons. The van der Waals surface area contributed by atoms with E-state index in [1.54, 1.807) is 0 Å². The van der Waals surface area contributed by atoms with E-state index < -0.39 is 0 Å². The third-order valence-corrected chi connectivity index (χ3v) is 2.78. The van der Waals surface area contributed by atoms with Crippen LogP contribution >= 0.6 is 0 Å². The van der Waals surface area contributed by atoms with Crippen molar-refractivity contribution in [2.45, 2.75) is 39.7 Å². The Morgan fingerprint density at radius 3 is 2.43 bits per heavy atom. The maximum atomic E-state index is 5.87. The molecular weight excluding hydrogens is 174 g/mol. The summed E-state index contributed by atoms with van der Waals surface area (Å²) in [6, 6.07) is 0.343. The highest BCUT2D eigenvalue weighted by atomic mass is 15.1. The summed E-state index contributed by atoms with van der Waals surface area (Å²) in [6.45, 7) is 9.74. The van der Waals surface area contributed by atoms with Crippen LogP contribution in [-0.2, 0) is 0 Å². The topological polar surface area (TPSA) is 41.6 Å². The maximum Gasteiger partial charge on any atom is 0.0972 e. The highest BCUT2D eigenvalue weighted by Gasteiger charge is 2.25. The zero-order valence-electron chi connectivity index (χ0n) is 9.66. The van der Waals surface area contributed by atoms with Gasteiger partial charge in [-0.25, -0.2) is 0 Å². The van der Waals surface area contributed by atoms with Crippen LogP contribution in [0.2, 0.25) is 0 Å². The van der Waals surface area contributed by atoms with Gasteiger partial charge in [0, 0.05) is 12.5 Å². The molecule has 0 spiro atoms. The number of likely N-dealkylation sites (N-methyl/N-ethyl adjacent to an activating group) is 1. The molecule has 0 heterocycles. The number of nitrogens with zero attached hydrogens (tertiary/aromatic N) is 2. The average molecular weight is 197 g/mol. The summed E-state index contributed by atoms with van der Waals surface area (Å²) < 4.78 is 0. The van der Waals surface area contributed by atoms with Crippen LogP contribution < -0.4 is 5.73 Å². The molecule has 1 aliphatic rings. The largest absolute Gasteiger partial charge is 0.387 e. The van der Waals surface area contributed by atoms with Gasteiger partial charge in [0.05, 0.1) is 11.9 Å². The van der Waals surface area contributed by atoms with E-state index in [1.165, 1.54) is 12.8 Å². The van der Waals surface area contributed by atoms with Gasteiger partial charge in [0.2, 0.25) is 0 Å². The molecule has 0 aliphatic heterocycles. The molecule has 14 heavy (non-hydrogen) atoms. The summed E-state index contributed by atoms with van der Waals surface area (Å²) in [5, 5.41) is 0. The van der Waals surface area contributed by atoms with Gasteiger partial charge in [-0.3, -0.25) is 4.99 Å². The molecule has 1 saturated carbocycles. The fourth-order valence-electron chi connectivity index (χ4n) is 1.64. The molecule has 1 rings (SSSR count). The Bertz CT molecular complexity index is 193. The minimum absolute atomic E-state index is 0.343. The van der Waals surface area contributed by atoms with Crippen molar-refractivity contribution in [1.29, 1.82) is 0 Å². The van der Waals surface area contributed by atoms with Gasteiger partial charge in [0.15, 0.2) is 0 Å². The second kappa shape index (κ2) is 5.35. The van der Waals surface area contributed by atoms with Crippen LogP contribution in [0.3, 0.4) is 0 Å². The Morgan fingerprint density at radius 1 is 1.43 bits per heavy atom. The number of hydrogen-bond donors (Lipinski definition) is 1. The lowest BCUT2D eigenvalue weighted by molar-refractivity contribution is 0.289. The van der Waals surface area contributed by atoms with Crippen molar-refractivity contribution in [2.24, 2.45) is 16.6 Å². The van der Waals surface area contributed by atoms with Gasteiger partial charge in [-0.15, -0.1) is 0 Å². The van der Waals surface area contributed by atoms with Crippen LogP contribution in [0.25, 0.3) is 0 Å². The van der Waals surface area contributed by atoms with Crippen LogP contribution in [0.5, 0.6) is 0 Å². The Kier molecular flexibility index (Phi) is 4.39. The summed E-state index contributed by atoms with van der Waals surface area (Å²) in [5.41, 5.74) is 5.87. The molecule has 0 saturated heterocycles. The molecule has 3 nitrogen and oxygen atoms in total. The van der Waals surface area contributed by atoms with Crippen LogP contribution in [0, 0.1) is 5.92 Å². The van der Waals surface area contributed by atoms with Gasteiger partial charge < -0.3 is 10.6 Å². The number of hydrogen-bond acceptors (Lipinski definition) is 2. The first-order valence-corrected chi connectivity index (χ1v) is 5.72. The van der Waals surface area contributed by atoms with E-state index in [4.69, 9.17) is 5.73 Å². The van der Waals surface area contributed by atoms with E-state index in [0.717, 1.165) is 25.5 Å². The molecule has 0 aromatic carbocycles. The number of nitrogens with two attached hydrogens (primary N) is 1. The fourth-order valence-corrected chi connectivity index (χ4v) is 1.64. The SMILES string of the molecule is CCN(CC)CC(C)N=C(N)C1CC1. The zero-order chi connectivity index (χ0) is 10.6. The summed E-state index contributed by atoms with van der Waals surface area (Å²) in [5.74, 6) is 1.49. The lowest BCUT2D eigenvalue weighted by Crippen LogP contribution is -2.31. The van der Waals surface area contributed by atoms with Gasteiger partial charge >= 0.3 is 0 Å². The predicted octanol–water partition coefficient (Wildman–Crippen LogP) is 1.48. The summed E-state index contributed by atoms with van der Waals surface area (Å²) in [7, 11) is 0. The maximum absolute atomic E-state index is 5.87. The molecule has 1 aliphatic carbocycles. The highest BCUT2D eigenvalue weighted by molar-refractivity contribution is 5.85. The van der Waals surface area contributed by atoms with Crippen LogP contribution in [0.1, 0.15) is 33.6 Å². The van der Waals surface area contributed by atoms with Crippen molar-refractivity contribution >= 4 is 5.84 Å². The first-order chi connectivity index (χ1) is 6.67. The average Bonchev–Trinajstić information content (AvgIpc) is 2.97. The van der Waals surface area contributed by atoms with E-state index in [1.807, 2.05) is 0 Å². The molecular formula is C11H23N3. The Labute approximate surface area is 87.4 Å². The van der Waals surface area contributed by atoms with Crippen molar-refractivity contribution < 1.29 is 0 Å². The molecule has 1 atom stereocenters. The quantitative estimate of drug-likeness (QED) is 0.517. The first-order valence-electron chi connectivity index (χ1n) is 5.72. The Hall–Kier alpha value is -0.570. The van der Waals surface area contributed by atoms with Crippen molar-refractivity contribution in [3.8, 4) is 0 Å². The molecule has 1 fully saturated rings. The fraction of sp³-hybridized carbons (Fsp3) is 0.909. The van der Waals surface area contributed by atoms with Crippen LogP contribution in [0.15, 0.2) is 4.99 Å². The van der Waals surface area contributed by atoms with Gasteiger partial charge in [-0.05, 0) is 32.9 Å². The smallest absolute Gasteiger partial charge is 0.0972 e. The minimum Gasteiger partial charge on any atom is -0.387 e. The molecule has 0 amide bonds. The third-order valence-electron chi connectivity index (χ3n) is 2.78. The molecule has 0 aromatic rings. The summed E-state index contributed by atoms with van der Waals surface area (Å²) in [6.07, 6.45) is 2.49. The highest BCUT2D eigenvalue weighted by Crippen LogP contribution is 2.28. The van der Waals surface area contributed by atoms with Gasteiger partial charge in [0.1, 0.15) is 0 Å². The molecule has 1 unspecified atom stereocenters. The van der Waals surface area contributed by atoms with Crippen LogP contribution in [0.4, 0.5) is 0 Å². The molecule has 0 aromatic heterocycles. The summed E-state index contributed by atoms with van der Waals surface area (Å²) in [4.78, 5) is 6.91. The van der Waals surface area contributed by atoms with E-state index in [9.17, 15) is 0 Å². The normalized spacial score (nSPS) is 20.1. The Morgan fingerprint density at radius 2 is 2.00 bits per heavy atom. The number of aliphatic imine (C=N–C) groups is 1. The van der Waals surface area contributed by atoms with Gasteiger partial charge in [-0.1, -0.05) is 13.8 Å². The molecule has 0 bridgehead atoms. The Balaban J connectivity index is 2.32. The van der Waals surface area contributed by atoms with Crippen molar-refractivity contribution in [2.75, 3.05) is 19.6 Å². The molecule has 2 N–H and O–H groups in total. The van der Waals surface area contributed by atoms with Crippen molar-refractivity contribution in [3.63, 3.8) is 0 Å². The lowest BCUT2D eigenvalue weighted by Gasteiger charge is -2.20. The lowest BCUT2D eigenvalue weighted by atomic mass is 10.3. The molecule has 3 heteroatoms. The molecule has 82 valence electrons. The van der Waals surface area contributed by atoms with Crippen molar-refractivity contribution in [3.05, 3.63) is 0 Å². The van der Waals surface area contributed by atoms with Gasteiger partial charge in [0.25, 0.3) is 0 Å². The van der Waals surface area contributed by atoms with Gasteiger partial charge in [-0.2, -0.15) is 0 Å². The van der Waals surface area contributed by atoms with E-state index in [2.05, 4.69) is 30.7 Å². The number of rotatable bonds is 6. The second-order valence-electron chi connectivity index (χ2n) is 4.16. The minimum atomic E-state index is 0.343. The van der Waals surface area contributed by atoms with Crippen LogP contribution in [-0.4, -0.2) is 36.4 Å². The third kappa shape index (κ3) is 3.66.